The van der Waals surface area contributed by atoms with Crippen LogP contribution in [-0.2, 0) is 16.1 Å². The lowest BCUT2D eigenvalue weighted by Crippen LogP contribution is -2.33. The Balaban J connectivity index is 0.00000281. The number of aliphatic imine (C=N–C) groups is 1. The molecule has 2 aromatic rings. The molecule has 1 N–H and O–H groups in total. The summed E-state index contributed by atoms with van der Waals surface area (Å²) < 4.78 is 14.6. The van der Waals surface area contributed by atoms with Crippen molar-refractivity contribution in [3.8, 4) is 0 Å². The Morgan fingerprint density at radius 3 is 2.38 bits per heavy atom. The van der Waals surface area contributed by atoms with Gasteiger partial charge < -0.3 is 10.0 Å². The summed E-state index contributed by atoms with van der Waals surface area (Å²) in [5.41, 5.74) is 1.63. The highest BCUT2D eigenvalue weighted by Crippen LogP contribution is 2.23. The molecule has 1 unspecified atom stereocenters. The number of carbonyl (C=O) groups excluding carboxylic acids is 3. The second-order valence-corrected chi connectivity index (χ2v) is 7.53. The molecule has 2 rings (SSSR count). The molecular weight excluding hydrogens is 435 g/mol. The summed E-state index contributed by atoms with van der Waals surface area (Å²) >= 11 is 0. The Labute approximate surface area is 200 Å². The van der Waals surface area contributed by atoms with Gasteiger partial charge in [-0.1, -0.05) is 44.2 Å². The van der Waals surface area contributed by atoms with Crippen LogP contribution in [-0.4, -0.2) is 34.4 Å². The number of anilines is 1. The van der Waals surface area contributed by atoms with E-state index in [1.54, 1.807) is 56.3 Å². The monoisotopic (exact) mass is 468 g/mol. The number of aryl methyl sites for hydroxylation is 1. The molecule has 0 saturated heterocycles. The van der Waals surface area contributed by atoms with Gasteiger partial charge in [-0.3, -0.25) is 19.4 Å². The molecular formula is C27H33FN2O4. The molecule has 0 saturated carbocycles. The van der Waals surface area contributed by atoms with Crippen molar-refractivity contribution in [3.05, 3.63) is 77.2 Å². The Kier molecular flexibility index (Phi) is 11.7. The van der Waals surface area contributed by atoms with Crippen LogP contribution in [0.15, 0.2) is 59.7 Å². The minimum absolute atomic E-state index is 0.0981. The zero-order chi connectivity index (χ0) is 25.8. The van der Waals surface area contributed by atoms with Crippen molar-refractivity contribution in [1.82, 2.24) is 0 Å². The highest BCUT2D eigenvalue weighted by molar-refractivity contribution is 6.42. The van der Waals surface area contributed by atoms with Gasteiger partial charge in [-0.15, -0.1) is 0 Å². The molecule has 1 amide bonds. The van der Waals surface area contributed by atoms with E-state index in [9.17, 15) is 23.9 Å². The second kappa shape index (κ2) is 14.0. The minimum Gasteiger partial charge on any atom is -0.389 e. The predicted octanol–water partition coefficient (Wildman–Crippen LogP) is 5.21. The first-order chi connectivity index (χ1) is 16.1. The van der Waals surface area contributed by atoms with Crippen LogP contribution < -0.4 is 4.90 Å². The van der Waals surface area contributed by atoms with Gasteiger partial charge in [-0.05, 0) is 51.5 Å². The average Bonchev–Trinajstić information content (AvgIpc) is 2.80. The van der Waals surface area contributed by atoms with Gasteiger partial charge in [0.25, 0.3) is 0 Å². The lowest BCUT2D eigenvalue weighted by molar-refractivity contribution is -0.123. The summed E-state index contributed by atoms with van der Waals surface area (Å²) in [6, 6.07) is 11.3. The van der Waals surface area contributed by atoms with Crippen LogP contribution in [0.1, 0.15) is 62.5 Å². The van der Waals surface area contributed by atoms with Gasteiger partial charge in [-0.2, -0.15) is 0 Å². The SMILES string of the molecule is CC.CC(=O)c1cccc(N(Cc2cccc(C)c2F)C(=O)CC(=O)C(C)=N/C=C\C(C)O)c1. The second-order valence-electron chi connectivity index (χ2n) is 7.53. The molecule has 2 aromatic carbocycles. The number of hydrogen-bond acceptors (Lipinski definition) is 5. The van der Waals surface area contributed by atoms with E-state index in [4.69, 9.17) is 0 Å². The molecule has 182 valence electrons. The number of nitrogens with zero attached hydrogens (tertiary/aromatic N) is 2. The maximum absolute atomic E-state index is 14.6. The largest absolute Gasteiger partial charge is 0.389 e. The van der Waals surface area contributed by atoms with Crippen LogP contribution in [0, 0.1) is 12.7 Å². The van der Waals surface area contributed by atoms with E-state index in [0.29, 0.717) is 22.4 Å². The van der Waals surface area contributed by atoms with Crippen molar-refractivity contribution in [2.24, 2.45) is 4.99 Å². The van der Waals surface area contributed by atoms with Crippen LogP contribution in [0.5, 0.6) is 0 Å². The van der Waals surface area contributed by atoms with E-state index in [2.05, 4.69) is 4.99 Å². The molecule has 0 aliphatic carbocycles. The first-order valence-electron chi connectivity index (χ1n) is 11.2. The number of halogens is 1. The Bertz CT molecular complexity index is 1070. The number of benzene rings is 2. The number of ketones is 2. The third-order valence-electron chi connectivity index (χ3n) is 4.81. The number of amides is 1. The Hall–Kier alpha value is -3.45. The summed E-state index contributed by atoms with van der Waals surface area (Å²) in [6.07, 6.45) is 1.52. The fraction of sp³-hybridized carbons (Fsp3) is 0.333. The maximum Gasteiger partial charge on any atom is 0.235 e. The van der Waals surface area contributed by atoms with Gasteiger partial charge in [0.2, 0.25) is 5.91 Å². The zero-order valence-electron chi connectivity index (χ0n) is 20.6. The topological polar surface area (TPSA) is 87.0 Å². The predicted molar refractivity (Wildman–Crippen MR) is 134 cm³/mol. The van der Waals surface area contributed by atoms with Crippen LogP contribution in [0.3, 0.4) is 0 Å². The highest BCUT2D eigenvalue weighted by atomic mass is 19.1. The number of hydrogen-bond donors (Lipinski definition) is 1. The zero-order valence-corrected chi connectivity index (χ0v) is 20.6. The Morgan fingerprint density at radius 2 is 1.76 bits per heavy atom. The molecule has 0 heterocycles. The van der Waals surface area contributed by atoms with Crippen LogP contribution >= 0.6 is 0 Å². The van der Waals surface area contributed by atoms with Crippen molar-refractivity contribution in [2.75, 3.05) is 4.90 Å². The summed E-state index contributed by atoms with van der Waals surface area (Å²) in [4.78, 5) is 42.7. The van der Waals surface area contributed by atoms with E-state index in [1.807, 2.05) is 13.8 Å². The van der Waals surface area contributed by atoms with Gasteiger partial charge in [0.1, 0.15) is 5.82 Å². The number of Topliss-reactive ketones (excluding diaryl/α,β-unsaturated/α-hetero) is 2. The number of carbonyl (C=O) groups is 3. The molecule has 34 heavy (non-hydrogen) atoms. The standard InChI is InChI=1S/C25H27FN2O4.C2H6/c1-16-7-5-9-21(25(16)26)15-28(22-10-6-8-20(13-22)19(4)30)24(32)14-23(31)18(3)27-12-11-17(2)29;1-2/h5-13,17,29H,14-15H2,1-4H3;1-2H3/b12-11-,27-18?;. The number of aliphatic hydroxyl groups is 1. The fourth-order valence-corrected chi connectivity index (χ4v) is 2.93. The van der Waals surface area contributed by atoms with Gasteiger partial charge in [-0.25, -0.2) is 4.39 Å². The average molecular weight is 469 g/mol. The summed E-state index contributed by atoms with van der Waals surface area (Å²) in [6.45, 7) is 9.97. The van der Waals surface area contributed by atoms with Crippen LogP contribution in [0.25, 0.3) is 0 Å². The third-order valence-corrected chi connectivity index (χ3v) is 4.81. The van der Waals surface area contributed by atoms with Gasteiger partial charge in [0.15, 0.2) is 11.6 Å². The molecule has 1 atom stereocenters. The van der Waals surface area contributed by atoms with E-state index >= 15 is 0 Å². The van der Waals surface area contributed by atoms with E-state index in [-0.39, 0.29) is 18.0 Å². The summed E-state index contributed by atoms with van der Waals surface area (Å²) in [5, 5.41) is 9.24. The lowest BCUT2D eigenvalue weighted by atomic mass is 10.1. The van der Waals surface area contributed by atoms with E-state index < -0.39 is 30.0 Å². The normalized spacial score (nSPS) is 12.1. The van der Waals surface area contributed by atoms with Crippen molar-refractivity contribution in [1.29, 1.82) is 0 Å². The van der Waals surface area contributed by atoms with Crippen molar-refractivity contribution >= 4 is 28.9 Å². The maximum atomic E-state index is 14.6. The lowest BCUT2D eigenvalue weighted by Gasteiger charge is -2.24. The molecule has 0 aliphatic rings. The van der Waals surface area contributed by atoms with Crippen LogP contribution in [0.2, 0.25) is 0 Å². The van der Waals surface area contributed by atoms with E-state index in [0.717, 1.165) is 0 Å². The van der Waals surface area contributed by atoms with Gasteiger partial charge in [0, 0.05) is 23.0 Å². The number of aliphatic hydroxyl groups excluding tert-OH is 1. The van der Waals surface area contributed by atoms with E-state index in [1.165, 1.54) is 31.0 Å². The van der Waals surface area contributed by atoms with Crippen molar-refractivity contribution in [3.63, 3.8) is 0 Å². The summed E-state index contributed by atoms with van der Waals surface area (Å²) in [5.74, 6) is -1.65. The van der Waals surface area contributed by atoms with Crippen LogP contribution in [0.4, 0.5) is 10.1 Å². The molecule has 0 spiro atoms. The summed E-state index contributed by atoms with van der Waals surface area (Å²) in [7, 11) is 0. The smallest absolute Gasteiger partial charge is 0.235 e. The minimum atomic E-state index is -0.712. The molecule has 6 nitrogen and oxygen atoms in total. The molecule has 0 fully saturated rings. The Morgan fingerprint density at radius 1 is 1.12 bits per heavy atom. The van der Waals surface area contributed by atoms with Gasteiger partial charge >= 0.3 is 0 Å². The molecule has 0 aliphatic heterocycles. The third kappa shape index (κ3) is 8.48. The van der Waals surface area contributed by atoms with Crippen molar-refractivity contribution < 1.29 is 23.9 Å². The van der Waals surface area contributed by atoms with Crippen molar-refractivity contribution in [2.45, 2.75) is 60.6 Å². The first-order valence-corrected chi connectivity index (χ1v) is 11.2. The first kappa shape index (κ1) is 28.6. The molecule has 7 heteroatoms. The fourth-order valence-electron chi connectivity index (χ4n) is 2.93. The molecule has 0 radical (unpaired) electrons. The highest BCUT2D eigenvalue weighted by Gasteiger charge is 2.22. The molecule has 0 bridgehead atoms. The quantitative estimate of drug-likeness (QED) is 0.311. The number of rotatable bonds is 9. The molecule has 0 aromatic heterocycles. The van der Waals surface area contributed by atoms with Gasteiger partial charge in [0.05, 0.1) is 24.8 Å².